The molecule has 1 saturated carbocycles. The number of allylic oxidation sites excluding steroid dienone is 2. The Morgan fingerprint density at radius 2 is 1.93 bits per heavy atom. The normalized spacial score (nSPS) is 24.4. The number of carbonyl (C=O) groups is 1. The van der Waals surface area contributed by atoms with E-state index in [1.165, 1.54) is 22.5 Å². The van der Waals surface area contributed by atoms with Crippen LogP contribution in [0.5, 0.6) is 5.75 Å². The van der Waals surface area contributed by atoms with E-state index >= 15 is 0 Å². The number of morpholine rings is 1. The maximum atomic E-state index is 12.8. The van der Waals surface area contributed by atoms with E-state index in [-0.39, 0.29) is 52.6 Å². The van der Waals surface area contributed by atoms with E-state index in [0.29, 0.717) is 13.2 Å². The Kier molecular flexibility index (Phi) is 5.58. The van der Waals surface area contributed by atoms with Crippen LogP contribution < -0.4 is 5.32 Å². The number of phenolic OH excluding ortho intramolecular Hbond substituents is 1. The second-order valence-electron chi connectivity index (χ2n) is 8.25. The Morgan fingerprint density at radius 3 is 2.54 bits per heavy atom. The predicted octanol–water partition coefficient (Wildman–Crippen LogP) is 2.59. The van der Waals surface area contributed by atoms with Crippen LogP contribution in [0.1, 0.15) is 27.7 Å². The molecule has 1 heterocycles. The molecule has 3 rings (SSSR count). The summed E-state index contributed by atoms with van der Waals surface area (Å²) in [6, 6.07) is 3.97. The number of nitrogens with one attached hydrogen (secondary N) is 1. The molecular weight excluding hydrogens is 380 g/mol. The van der Waals surface area contributed by atoms with Crippen LogP contribution in [0.15, 0.2) is 34.7 Å². The van der Waals surface area contributed by atoms with Gasteiger partial charge in [0.1, 0.15) is 5.75 Å². The van der Waals surface area contributed by atoms with Crippen molar-refractivity contribution >= 4 is 21.6 Å². The monoisotopic (exact) mass is 408 g/mol. The molecule has 8 heteroatoms. The van der Waals surface area contributed by atoms with Gasteiger partial charge in [-0.15, -0.1) is 0 Å². The van der Waals surface area contributed by atoms with Gasteiger partial charge >= 0.3 is 0 Å². The highest BCUT2D eigenvalue weighted by Crippen LogP contribution is 2.59. The summed E-state index contributed by atoms with van der Waals surface area (Å²) in [7, 11) is -3.71. The molecule has 0 radical (unpaired) electrons. The SMILES string of the molecule is CC(C)=C[C@H]1[C@@H](C(=O)Nc2cc(S(=O)(=O)N3CCOCC3)ccc2O)C1(C)C. The van der Waals surface area contributed by atoms with Crippen molar-refractivity contribution in [3.63, 3.8) is 0 Å². The van der Waals surface area contributed by atoms with Crippen molar-refractivity contribution in [1.29, 1.82) is 0 Å². The zero-order chi connectivity index (χ0) is 20.7. The maximum Gasteiger partial charge on any atom is 0.243 e. The molecule has 2 atom stereocenters. The Morgan fingerprint density at radius 1 is 1.29 bits per heavy atom. The highest BCUT2D eigenvalue weighted by molar-refractivity contribution is 7.89. The van der Waals surface area contributed by atoms with Gasteiger partial charge in [0, 0.05) is 13.1 Å². The largest absolute Gasteiger partial charge is 0.506 e. The van der Waals surface area contributed by atoms with Gasteiger partial charge in [-0.1, -0.05) is 25.5 Å². The number of nitrogens with zero attached hydrogens (tertiary/aromatic N) is 1. The first-order valence-corrected chi connectivity index (χ1v) is 10.9. The first-order chi connectivity index (χ1) is 13.0. The van der Waals surface area contributed by atoms with Crippen LogP contribution in [-0.4, -0.2) is 50.0 Å². The number of phenols is 1. The molecule has 1 aliphatic carbocycles. The molecule has 2 aliphatic rings. The summed E-state index contributed by atoms with van der Waals surface area (Å²) in [5, 5.41) is 12.9. The number of carbonyl (C=O) groups excluding carboxylic acids is 1. The van der Waals surface area contributed by atoms with Crippen LogP contribution in [0.3, 0.4) is 0 Å². The third-order valence-electron chi connectivity index (χ3n) is 5.54. The van der Waals surface area contributed by atoms with Gasteiger partial charge in [0.15, 0.2) is 0 Å². The number of ether oxygens (including phenoxy) is 1. The molecule has 28 heavy (non-hydrogen) atoms. The first-order valence-electron chi connectivity index (χ1n) is 9.42. The predicted molar refractivity (Wildman–Crippen MR) is 107 cm³/mol. The number of hydrogen-bond donors (Lipinski definition) is 2. The summed E-state index contributed by atoms with van der Waals surface area (Å²) >= 11 is 0. The molecular formula is C20H28N2O5S. The van der Waals surface area contributed by atoms with E-state index in [2.05, 4.69) is 11.4 Å². The fraction of sp³-hybridized carbons (Fsp3) is 0.550. The molecule has 1 amide bonds. The number of rotatable bonds is 5. The zero-order valence-electron chi connectivity index (χ0n) is 16.7. The van der Waals surface area contributed by atoms with E-state index < -0.39 is 10.0 Å². The molecule has 0 aromatic heterocycles. The van der Waals surface area contributed by atoms with Crippen molar-refractivity contribution in [2.24, 2.45) is 17.3 Å². The number of hydrogen-bond acceptors (Lipinski definition) is 5. The molecule has 1 aromatic rings. The smallest absolute Gasteiger partial charge is 0.243 e. The van der Waals surface area contributed by atoms with Crippen molar-refractivity contribution < 1.29 is 23.1 Å². The van der Waals surface area contributed by atoms with Crippen molar-refractivity contribution in [1.82, 2.24) is 4.31 Å². The summed E-state index contributed by atoms with van der Waals surface area (Å²) in [4.78, 5) is 12.8. The minimum atomic E-state index is -3.71. The van der Waals surface area contributed by atoms with Gasteiger partial charge in [0.2, 0.25) is 15.9 Å². The molecule has 1 saturated heterocycles. The summed E-state index contributed by atoms with van der Waals surface area (Å²) < 4.78 is 32.2. The van der Waals surface area contributed by atoms with E-state index in [9.17, 15) is 18.3 Å². The van der Waals surface area contributed by atoms with Gasteiger partial charge in [0.05, 0.1) is 29.7 Å². The van der Waals surface area contributed by atoms with Gasteiger partial charge in [-0.25, -0.2) is 8.42 Å². The lowest BCUT2D eigenvalue weighted by Gasteiger charge is -2.26. The van der Waals surface area contributed by atoms with Gasteiger partial charge in [0.25, 0.3) is 0 Å². The zero-order valence-corrected chi connectivity index (χ0v) is 17.5. The number of anilines is 1. The van der Waals surface area contributed by atoms with Gasteiger partial charge in [-0.05, 0) is 43.4 Å². The molecule has 0 unspecified atom stereocenters. The number of aromatic hydroxyl groups is 1. The number of sulfonamides is 1. The van der Waals surface area contributed by atoms with Crippen molar-refractivity contribution in [3.8, 4) is 5.75 Å². The van der Waals surface area contributed by atoms with E-state index in [1.54, 1.807) is 0 Å². The highest BCUT2D eigenvalue weighted by atomic mass is 32.2. The Hall–Kier alpha value is -1.90. The number of benzene rings is 1. The first kappa shape index (κ1) is 20.8. The lowest BCUT2D eigenvalue weighted by atomic mass is 10.1. The average molecular weight is 409 g/mol. The summed E-state index contributed by atoms with van der Waals surface area (Å²) in [6.07, 6.45) is 2.09. The Balaban J connectivity index is 1.81. The van der Waals surface area contributed by atoms with Crippen LogP contribution in [0.2, 0.25) is 0 Å². The van der Waals surface area contributed by atoms with E-state index in [4.69, 9.17) is 4.74 Å². The van der Waals surface area contributed by atoms with Gasteiger partial charge in [-0.3, -0.25) is 4.79 Å². The Bertz CT molecular complexity index is 897. The fourth-order valence-electron chi connectivity index (χ4n) is 3.77. The second kappa shape index (κ2) is 7.50. The Labute approximate surface area is 166 Å². The molecule has 1 aromatic carbocycles. The molecule has 7 nitrogen and oxygen atoms in total. The summed E-state index contributed by atoms with van der Waals surface area (Å²) in [5.74, 6) is -0.476. The third kappa shape index (κ3) is 3.94. The summed E-state index contributed by atoms with van der Waals surface area (Å²) in [5.41, 5.74) is 1.09. The van der Waals surface area contributed by atoms with Gasteiger partial charge in [-0.2, -0.15) is 4.31 Å². The van der Waals surface area contributed by atoms with E-state index in [1.807, 2.05) is 27.7 Å². The number of amides is 1. The fourth-order valence-corrected chi connectivity index (χ4v) is 5.21. The minimum Gasteiger partial charge on any atom is -0.506 e. The van der Waals surface area contributed by atoms with Crippen LogP contribution in [-0.2, 0) is 19.6 Å². The topological polar surface area (TPSA) is 95.9 Å². The molecule has 0 bridgehead atoms. The molecule has 2 fully saturated rings. The maximum absolute atomic E-state index is 12.8. The van der Waals surface area contributed by atoms with Crippen LogP contribution in [0, 0.1) is 17.3 Å². The molecule has 0 spiro atoms. The molecule has 154 valence electrons. The lowest BCUT2D eigenvalue weighted by molar-refractivity contribution is -0.118. The van der Waals surface area contributed by atoms with Crippen LogP contribution in [0.25, 0.3) is 0 Å². The van der Waals surface area contributed by atoms with Crippen molar-refractivity contribution in [3.05, 3.63) is 29.8 Å². The average Bonchev–Trinajstić information content (AvgIpc) is 3.16. The second-order valence-corrected chi connectivity index (χ2v) is 10.2. The summed E-state index contributed by atoms with van der Waals surface area (Å²) in [6.45, 7) is 9.31. The van der Waals surface area contributed by atoms with Gasteiger partial charge < -0.3 is 15.2 Å². The van der Waals surface area contributed by atoms with Crippen LogP contribution in [0.4, 0.5) is 5.69 Å². The standard InChI is InChI=1S/C20H28N2O5S/c1-13(2)11-15-18(20(15,3)4)19(24)21-16-12-14(5-6-17(16)23)28(25,26)22-7-9-27-10-8-22/h5-6,11-12,15,18,23H,7-10H2,1-4H3,(H,21,24)/t15-,18-/m0/s1. The lowest BCUT2D eigenvalue weighted by Crippen LogP contribution is -2.40. The van der Waals surface area contributed by atoms with Crippen LogP contribution >= 0.6 is 0 Å². The van der Waals surface area contributed by atoms with E-state index in [0.717, 1.165) is 5.57 Å². The van der Waals surface area contributed by atoms with Crippen molar-refractivity contribution in [2.45, 2.75) is 32.6 Å². The highest BCUT2D eigenvalue weighted by Gasteiger charge is 2.60. The molecule has 1 aliphatic heterocycles. The third-order valence-corrected chi connectivity index (χ3v) is 7.43. The van der Waals surface area contributed by atoms with Crippen molar-refractivity contribution in [2.75, 3.05) is 31.6 Å². The molecule has 2 N–H and O–H groups in total. The quantitative estimate of drug-likeness (QED) is 0.577. The minimum absolute atomic E-state index is 0.0402.